The van der Waals surface area contributed by atoms with E-state index in [-0.39, 0.29) is 36.1 Å². The fourth-order valence-corrected chi connectivity index (χ4v) is 12.6. The van der Waals surface area contributed by atoms with Crippen molar-refractivity contribution >= 4 is 41.5 Å². The van der Waals surface area contributed by atoms with Crippen LogP contribution in [0, 0.1) is 5.92 Å². The molecule has 0 saturated carbocycles. The minimum absolute atomic E-state index is 0.105. The van der Waals surface area contributed by atoms with Gasteiger partial charge in [-0.15, -0.1) is 5.10 Å². The molecule has 5 aromatic carbocycles. The molecule has 1 unspecified atom stereocenters. The Labute approximate surface area is 368 Å². The van der Waals surface area contributed by atoms with Crippen molar-refractivity contribution in [2.75, 3.05) is 11.5 Å². The van der Waals surface area contributed by atoms with E-state index in [1.165, 1.54) is 9.36 Å². The van der Waals surface area contributed by atoms with E-state index in [0.29, 0.717) is 57.4 Å². The molecule has 3 aromatic heterocycles. The Morgan fingerprint density at radius 2 is 1.44 bits per heavy atom. The fourth-order valence-electron chi connectivity index (χ4n) is 10.0. The number of halogens is 1. The van der Waals surface area contributed by atoms with Gasteiger partial charge in [0.1, 0.15) is 0 Å². The van der Waals surface area contributed by atoms with Crippen LogP contribution in [0.15, 0.2) is 150 Å². The summed E-state index contributed by atoms with van der Waals surface area (Å²) in [5.41, 5.74) is 1.49. The predicted octanol–water partition coefficient (Wildman–Crippen LogP) is 7.21. The van der Waals surface area contributed by atoms with Gasteiger partial charge in [0, 0.05) is 40.5 Å². The molecule has 0 bridgehead atoms. The SMILES string of the molecule is C[C@H]1[C@H]([Si](C)(C)F)[C@@H](CCn2cc(C(CO)c3ccccc3)nn2)O[C@]12C(=O)N(Cc1cccc(-n3ncc4ccccc4c3=O)c1)c1ccc(-n3ncc4ccccc4c3=O)cc12. The van der Waals surface area contributed by atoms with Gasteiger partial charge in [-0.05, 0) is 73.1 Å². The third-order valence-corrected chi connectivity index (χ3v) is 15.5. The third-order valence-electron chi connectivity index (χ3n) is 13.0. The number of aromatic nitrogens is 7. The highest BCUT2D eigenvalue weighted by molar-refractivity contribution is 6.72. The zero-order valence-electron chi connectivity index (χ0n) is 35.5. The summed E-state index contributed by atoms with van der Waals surface area (Å²) in [5.74, 6) is -1.33. The van der Waals surface area contributed by atoms with Gasteiger partial charge in [-0.2, -0.15) is 19.6 Å². The van der Waals surface area contributed by atoms with Gasteiger partial charge < -0.3 is 18.9 Å². The summed E-state index contributed by atoms with van der Waals surface area (Å²) < 4.78 is 28.4. The molecule has 10 rings (SSSR count). The second kappa shape index (κ2) is 16.0. The van der Waals surface area contributed by atoms with Crippen LogP contribution in [0.1, 0.15) is 41.6 Å². The molecular weight excluding hydrogens is 828 g/mol. The summed E-state index contributed by atoms with van der Waals surface area (Å²) in [5, 5.41) is 30.5. The van der Waals surface area contributed by atoms with E-state index in [4.69, 9.17) is 4.74 Å². The van der Waals surface area contributed by atoms with Crippen LogP contribution in [0.5, 0.6) is 0 Å². The van der Waals surface area contributed by atoms with E-state index in [9.17, 15) is 14.7 Å². The second-order valence-corrected chi connectivity index (χ2v) is 21.1. The smallest absolute Gasteiger partial charge is 0.279 e. The van der Waals surface area contributed by atoms with Crippen LogP contribution in [0.3, 0.4) is 0 Å². The molecule has 322 valence electrons. The monoisotopic (exact) mass is 872 g/mol. The van der Waals surface area contributed by atoms with Gasteiger partial charge in [-0.25, -0.2) is 0 Å². The van der Waals surface area contributed by atoms with Crippen molar-refractivity contribution in [2.24, 2.45) is 5.92 Å². The van der Waals surface area contributed by atoms with Gasteiger partial charge >= 0.3 is 0 Å². The van der Waals surface area contributed by atoms with Crippen molar-refractivity contribution in [1.29, 1.82) is 0 Å². The summed E-state index contributed by atoms with van der Waals surface area (Å²) in [6.07, 6.45) is 4.73. The number of nitrogens with zero attached hydrogens (tertiary/aromatic N) is 8. The quantitative estimate of drug-likeness (QED) is 0.105. The van der Waals surface area contributed by atoms with Crippen LogP contribution in [0.4, 0.5) is 9.80 Å². The molecular formula is C49H45FN8O5Si. The molecule has 1 saturated heterocycles. The maximum Gasteiger partial charge on any atom is 0.279 e. The first-order valence-electron chi connectivity index (χ1n) is 21.4. The van der Waals surface area contributed by atoms with Crippen LogP contribution in [-0.4, -0.2) is 66.7 Å². The van der Waals surface area contributed by atoms with E-state index < -0.39 is 31.6 Å². The standard InChI is InChI=1S/C49H45FN8O5Si/c1-31-45(64(2,3)50)44(22-23-55-29-42(53-54-55)40(30-59)33-13-5-4-6-14-33)63-49(31)41-25-37(58-47(61)39-19-10-8-16-35(39)27-52-58)20-21-43(41)56(48(49)62)28-32-12-11-17-36(24-32)57-46(60)38-18-9-7-15-34(38)26-51-57/h4-21,24-27,29,31,40,44-45,59H,22-23,28,30H2,1-3H3/t31-,40?,44+,45-,49+/m0/s1. The number of hydrogen-bond acceptors (Lipinski definition) is 9. The van der Waals surface area contributed by atoms with Gasteiger partial charge in [-0.1, -0.05) is 91.0 Å². The van der Waals surface area contributed by atoms with Crippen LogP contribution >= 0.6 is 0 Å². The first-order valence-corrected chi connectivity index (χ1v) is 24.3. The molecule has 0 aliphatic carbocycles. The minimum Gasteiger partial charge on any atom is -0.395 e. The number of carbonyl (C=O) groups excluding carboxylic acids is 1. The maximum atomic E-state index is 16.9. The molecule has 8 aromatic rings. The zero-order valence-corrected chi connectivity index (χ0v) is 36.5. The number of benzene rings is 5. The summed E-state index contributed by atoms with van der Waals surface area (Å²) in [7, 11) is -3.56. The summed E-state index contributed by atoms with van der Waals surface area (Å²) in [4.78, 5) is 44.6. The van der Waals surface area contributed by atoms with Crippen molar-refractivity contribution in [3.63, 3.8) is 0 Å². The summed E-state index contributed by atoms with van der Waals surface area (Å²) >= 11 is 0. The van der Waals surface area contributed by atoms with Crippen molar-refractivity contribution in [3.05, 3.63) is 183 Å². The van der Waals surface area contributed by atoms with Crippen molar-refractivity contribution in [1.82, 2.24) is 34.6 Å². The molecule has 15 heteroatoms. The van der Waals surface area contributed by atoms with Gasteiger partial charge in [0.2, 0.25) is 8.41 Å². The molecule has 2 aliphatic rings. The Kier molecular flexibility index (Phi) is 10.3. The second-order valence-electron chi connectivity index (χ2n) is 17.3. The molecule has 13 nitrogen and oxygen atoms in total. The number of rotatable bonds is 11. The first-order chi connectivity index (χ1) is 31.0. The number of amides is 1. The first kappa shape index (κ1) is 41.1. The molecule has 1 amide bonds. The molecule has 1 N–H and O–H groups in total. The van der Waals surface area contributed by atoms with Crippen LogP contribution in [-0.2, 0) is 28.2 Å². The predicted molar refractivity (Wildman–Crippen MR) is 244 cm³/mol. The minimum atomic E-state index is -3.56. The number of ether oxygens (including phenoxy) is 1. The molecule has 5 atom stereocenters. The number of fused-ring (bicyclic) bond motifs is 4. The highest BCUT2D eigenvalue weighted by atomic mass is 28.4. The molecule has 1 spiro atoms. The van der Waals surface area contributed by atoms with Gasteiger partial charge in [0.05, 0.1) is 71.1 Å². The highest BCUT2D eigenvalue weighted by Gasteiger charge is 2.66. The summed E-state index contributed by atoms with van der Waals surface area (Å²) in [6.45, 7) is 5.49. The number of aryl methyl sites for hydroxylation is 1. The Morgan fingerprint density at radius 1 is 0.797 bits per heavy atom. The summed E-state index contributed by atoms with van der Waals surface area (Å²) in [6, 6.07) is 36.8. The van der Waals surface area contributed by atoms with Gasteiger partial charge in [-0.3, -0.25) is 19.1 Å². The normalized spacial score (nSPS) is 20.1. The average Bonchev–Trinajstić information content (AvgIpc) is 3.96. The lowest BCUT2D eigenvalue weighted by Crippen LogP contribution is -2.45. The third kappa shape index (κ3) is 6.87. The molecule has 5 heterocycles. The molecule has 2 aliphatic heterocycles. The lowest BCUT2D eigenvalue weighted by Gasteiger charge is -2.31. The van der Waals surface area contributed by atoms with E-state index in [1.54, 1.807) is 83.7 Å². The number of anilines is 1. The lowest BCUT2D eigenvalue weighted by molar-refractivity contribution is -0.146. The van der Waals surface area contributed by atoms with Gasteiger partial charge in [0.15, 0.2) is 5.60 Å². The number of carbonyl (C=O) groups is 1. The Balaban J connectivity index is 1.03. The van der Waals surface area contributed by atoms with Crippen LogP contribution < -0.4 is 16.0 Å². The fraction of sp³-hybridized carbons (Fsp3) is 0.245. The number of aliphatic hydroxyl groups is 1. The van der Waals surface area contributed by atoms with Crippen LogP contribution in [0.25, 0.3) is 32.9 Å². The van der Waals surface area contributed by atoms with E-state index in [1.807, 2.05) is 85.8 Å². The molecule has 1 fully saturated rings. The van der Waals surface area contributed by atoms with Crippen molar-refractivity contribution in [2.45, 2.75) is 62.7 Å². The average molecular weight is 873 g/mol. The maximum absolute atomic E-state index is 16.9. The Hall–Kier alpha value is -6.94. The zero-order chi connectivity index (χ0) is 44.3. The van der Waals surface area contributed by atoms with Crippen molar-refractivity contribution in [3.8, 4) is 11.4 Å². The van der Waals surface area contributed by atoms with Crippen molar-refractivity contribution < 1.29 is 18.7 Å². The molecule has 0 radical (unpaired) electrons. The van der Waals surface area contributed by atoms with E-state index in [2.05, 4.69) is 20.5 Å². The Bertz CT molecular complexity index is 3210. The van der Waals surface area contributed by atoms with E-state index >= 15 is 8.90 Å². The largest absolute Gasteiger partial charge is 0.395 e. The van der Waals surface area contributed by atoms with E-state index in [0.717, 1.165) is 16.5 Å². The number of aliphatic hydroxyl groups excluding tert-OH is 1. The Morgan fingerprint density at radius 3 is 2.09 bits per heavy atom. The van der Waals surface area contributed by atoms with Crippen LogP contribution in [0.2, 0.25) is 18.6 Å². The van der Waals surface area contributed by atoms with Gasteiger partial charge in [0.25, 0.3) is 17.0 Å². The lowest BCUT2D eigenvalue weighted by atomic mass is 9.82. The highest BCUT2D eigenvalue weighted by Crippen LogP contribution is 2.60. The molecule has 64 heavy (non-hydrogen) atoms. The number of hydrogen-bond donors (Lipinski definition) is 1. The topological polar surface area (TPSA) is 150 Å².